The van der Waals surface area contributed by atoms with Gasteiger partial charge >= 0.3 is 0 Å². The van der Waals surface area contributed by atoms with Crippen LogP contribution >= 0.6 is 0 Å². The molecular weight excluding hydrogens is 238 g/mol. The summed E-state index contributed by atoms with van der Waals surface area (Å²) in [5, 5.41) is 3.55. The SMILES string of the molecule is CCCC(COC)Nc1nccn1C1CCCCC1. The fraction of sp³-hybridized carbons (Fsp3) is 0.800. The zero-order valence-electron chi connectivity index (χ0n) is 12.3. The minimum Gasteiger partial charge on any atom is -0.383 e. The molecule has 1 heterocycles. The highest BCUT2D eigenvalue weighted by atomic mass is 16.5. The molecule has 1 aromatic heterocycles. The van der Waals surface area contributed by atoms with Gasteiger partial charge in [-0.2, -0.15) is 0 Å². The number of imidazole rings is 1. The number of methoxy groups -OCH3 is 1. The summed E-state index contributed by atoms with van der Waals surface area (Å²) < 4.78 is 7.62. The number of hydrogen-bond acceptors (Lipinski definition) is 3. The zero-order chi connectivity index (χ0) is 13.5. The molecule has 0 radical (unpaired) electrons. The van der Waals surface area contributed by atoms with Crippen molar-refractivity contribution in [3.05, 3.63) is 12.4 Å². The molecule has 1 aliphatic carbocycles. The van der Waals surface area contributed by atoms with Crippen LogP contribution in [0.3, 0.4) is 0 Å². The van der Waals surface area contributed by atoms with Gasteiger partial charge in [-0.25, -0.2) is 4.98 Å². The number of anilines is 1. The third-order valence-electron chi connectivity index (χ3n) is 3.97. The Labute approximate surface area is 116 Å². The number of hydrogen-bond donors (Lipinski definition) is 1. The van der Waals surface area contributed by atoms with Crippen LogP contribution in [0.15, 0.2) is 12.4 Å². The van der Waals surface area contributed by atoms with Crippen LogP contribution < -0.4 is 5.32 Å². The standard InChI is InChI=1S/C15H27N3O/c1-3-7-13(12-19-2)17-15-16-10-11-18(15)14-8-5-4-6-9-14/h10-11,13-14H,3-9,12H2,1-2H3,(H,16,17). The summed E-state index contributed by atoms with van der Waals surface area (Å²) in [6, 6.07) is 0.989. The van der Waals surface area contributed by atoms with Gasteiger partial charge in [-0.15, -0.1) is 0 Å². The average molecular weight is 265 g/mol. The number of rotatable bonds is 7. The number of nitrogens with one attached hydrogen (secondary N) is 1. The van der Waals surface area contributed by atoms with Crippen molar-refractivity contribution in [1.82, 2.24) is 9.55 Å². The van der Waals surface area contributed by atoms with E-state index in [0.29, 0.717) is 12.1 Å². The first kappa shape index (κ1) is 14.4. The summed E-state index contributed by atoms with van der Waals surface area (Å²) in [6.45, 7) is 2.95. The summed E-state index contributed by atoms with van der Waals surface area (Å²) in [7, 11) is 1.76. The molecule has 1 atom stereocenters. The maximum absolute atomic E-state index is 5.29. The van der Waals surface area contributed by atoms with Crippen molar-refractivity contribution in [1.29, 1.82) is 0 Å². The molecular formula is C15H27N3O. The van der Waals surface area contributed by atoms with Gasteiger partial charge in [-0.1, -0.05) is 32.6 Å². The van der Waals surface area contributed by atoms with E-state index in [-0.39, 0.29) is 0 Å². The highest BCUT2D eigenvalue weighted by Gasteiger charge is 2.19. The molecule has 2 rings (SSSR count). The van der Waals surface area contributed by atoms with Crippen LogP contribution in [0.4, 0.5) is 5.95 Å². The Bertz CT molecular complexity index is 352. The molecule has 4 heteroatoms. The molecule has 1 N–H and O–H groups in total. The summed E-state index contributed by atoms with van der Waals surface area (Å²) in [4.78, 5) is 4.49. The number of ether oxygens (including phenoxy) is 1. The highest BCUT2D eigenvalue weighted by molar-refractivity contribution is 5.28. The lowest BCUT2D eigenvalue weighted by Crippen LogP contribution is -2.27. The minimum atomic E-state index is 0.361. The van der Waals surface area contributed by atoms with E-state index in [0.717, 1.165) is 25.4 Å². The van der Waals surface area contributed by atoms with Gasteiger partial charge in [0.2, 0.25) is 5.95 Å². The normalized spacial score (nSPS) is 18.4. The molecule has 0 amide bonds. The number of nitrogens with zero attached hydrogens (tertiary/aromatic N) is 2. The molecule has 0 bridgehead atoms. The molecule has 0 spiro atoms. The Morgan fingerprint density at radius 1 is 1.42 bits per heavy atom. The molecule has 0 aromatic carbocycles. The molecule has 0 aliphatic heterocycles. The van der Waals surface area contributed by atoms with Gasteiger partial charge in [-0.05, 0) is 19.3 Å². The molecule has 108 valence electrons. The first-order chi connectivity index (χ1) is 9.35. The van der Waals surface area contributed by atoms with Crippen molar-refractivity contribution >= 4 is 5.95 Å². The first-order valence-corrected chi connectivity index (χ1v) is 7.63. The van der Waals surface area contributed by atoms with Crippen molar-refractivity contribution in [2.45, 2.75) is 64.0 Å². The smallest absolute Gasteiger partial charge is 0.203 e. The van der Waals surface area contributed by atoms with E-state index in [1.54, 1.807) is 7.11 Å². The molecule has 1 fully saturated rings. The zero-order valence-corrected chi connectivity index (χ0v) is 12.3. The van der Waals surface area contributed by atoms with Gasteiger partial charge in [0.1, 0.15) is 0 Å². The van der Waals surface area contributed by atoms with Crippen molar-refractivity contribution in [2.75, 3.05) is 19.0 Å². The maximum Gasteiger partial charge on any atom is 0.203 e. The Morgan fingerprint density at radius 2 is 2.21 bits per heavy atom. The fourth-order valence-electron chi connectivity index (χ4n) is 3.01. The van der Waals surface area contributed by atoms with E-state index in [1.807, 2.05) is 6.20 Å². The summed E-state index contributed by atoms with van der Waals surface area (Å²) in [6.07, 6.45) is 13.0. The van der Waals surface area contributed by atoms with Crippen molar-refractivity contribution < 1.29 is 4.74 Å². The van der Waals surface area contributed by atoms with E-state index in [4.69, 9.17) is 4.74 Å². The Morgan fingerprint density at radius 3 is 2.89 bits per heavy atom. The molecule has 1 unspecified atom stereocenters. The molecule has 1 saturated carbocycles. The van der Waals surface area contributed by atoms with Gasteiger partial charge in [-0.3, -0.25) is 0 Å². The topological polar surface area (TPSA) is 39.1 Å². The van der Waals surface area contributed by atoms with E-state index in [1.165, 1.54) is 32.1 Å². The van der Waals surface area contributed by atoms with Crippen molar-refractivity contribution in [2.24, 2.45) is 0 Å². The lowest BCUT2D eigenvalue weighted by molar-refractivity contribution is 0.182. The minimum absolute atomic E-state index is 0.361. The average Bonchev–Trinajstić information content (AvgIpc) is 2.88. The second kappa shape index (κ2) is 7.53. The monoisotopic (exact) mass is 265 g/mol. The molecule has 0 saturated heterocycles. The van der Waals surface area contributed by atoms with E-state index < -0.39 is 0 Å². The van der Waals surface area contributed by atoms with Gasteiger partial charge in [0.25, 0.3) is 0 Å². The molecule has 1 aliphatic rings. The maximum atomic E-state index is 5.29. The summed E-state index contributed by atoms with van der Waals surface area (Å²) >= 11 is 0. The third kappa shape index (κ3) is 3.96. The molecule has 19 heavy (non-hydrogen) atoms. The van der Waals surface area contributed by atoms with Crippen LogP contribution in [0.5, 0.6) is 0 Å². The third-order valence-corrected chi connectivity index (χ3v) is 3.97. The van der Waals surface area contributed by atoms with Crippen LogP contribution in [0.2, 0.25) is 0 Å². The predicted octanol–water partition coefficient (Wildman–Crippen LogP) is 3.62. The van der Waals surface area contributed by atoms with Crippen LogP contribution in [-0.2, 0) is 4.74 Å². The molecule has 1 aromatic rings. The largest absolute Gasteiger partial charge is 0.383 e. The summed E-state index contributed by atoms with van der Waals surface area (Å²) in [5.41, 5.74) is 0. The molecule has 4 nitrogen and oxygen atoms in total. The van der Waals surface area contributed by atoms with Crippen LogP contribution in [0, 0.1) is 0 Å². The Kier molecular flexibility index (Phi) is 5.70. The van der Waals surface area contributed by atoms with Gasteiger partial charge < -0.3 is 14.6 Å². The van der Waals surface area contributed by atoms with Crippen molar-refractivity contribution in [3.8, 4) is 0 Å². The highest BCUT2D eigenvalue weighted by Crippen LogP contribution is 2.30. The first-order valence-electron chi connectivity index (χ1n) is 7.63. The second-order valence-corrected chi connectivity index (χ2v) is 5.54. The van der Waals surface area contributed by atoms with E-state index in [2.05, 4.69) is 28.0 Å². The van der Waals surface area contributed by atoms with Crippen molar-refractivity contribution in [3.63, 3.8) is 0 Å². The van der Waals surface area contributed by atoms with Crippen LogP contribution in [0.25, 0.3) is 0 Å². The lowest BCUT2D eigenvalue weighted by Gasteiger charge is -2.26. The van der Waals surface area contributed by atoms with E-state index in [9.17, 15) is 0 Å². The van der Waals surface area contributed by atoms with Gasteiger partial charge in [0, 0.05) is 25.5 Å². The van der Waals surface area contributed by atoms with Gasteiger partial charge in [0.15, 0.2) is 0 Å². The summed E-state index contributed by atoms with van der Waals surface area (Å²) in [5.74, 6) is 1.02. The fourth-order valence-corrected chi connectivity index (χ4v) is 3.01. The van der Waals surface area contributed by atoms with Crippen LogP contribution in [0.1, 0.15) is 57.9 Å². The Balaban J connectivity index is 2.00. The Hall–Kier alpha value is -1.03. The lowest BCUT2D eigenvalue weighted by atomic mass is 9.95. The quantitative estimate of drug-likeness (QED) is 0.818. The van der Waals surface area contributed by atoms with Crippen LogP contribution in [-0.4, -0.2) is 29.3 Å². The predicted molar refractivity (Wildman–Crippen MR) is 78.5 cm³/mol. The number of aromatic nitrogens is 2. The van der Waals surface area contributed by atoms with E-state index >= 15 is 0 Å². The second-order valence-electron chi connectivity index (χ2n) is 5.54. The van der Waals surface area contributed by atoms with Gasteiger partial charge in [0.05, 0.1) is 12.6 Å².